The lowest BCUT2D eigenvalue weighted by molar-refractivity contribution is -0.383. The molecule has 0 fully saturated rings. The monoisotopic (exact) mass is 352 g/mol. The van der Waals surface area contributed by atoms with Gasteiger partial charge in [-0.3, -0.25) is 14.9 Å². The van der Waals surface area contributed by atoms with Gasteiger partial charge in [0, 0.05) is 23.4 Å². The highest BCUT2D eigenvalue weighted by Crippen LogP contribution is 2.28. The van der Waals surface area contributed by atoms with Crippen molar-refractivity contribution in [3.05, 3.63) is 81.7 Å². The third-order valence-corrected chi connectivity index (χ3v) is 3.61. The minimum Gasteiger partial charge on any atom is -0.359 e. The van der Waals surface area contributed by atoms with E-state index < -0.39 is 10.8 Å². The summed E-state index contributed by atoms with van der Waals surface area (Å²) in [5.74, 6) is 0.0705. The van der Waals surface area contributed by atoms with Crippen molar-refractivity contribution in [3.8, 4) is 0 Å². The first-order valence-corrected chi connectivity index (χ1v) is 7.84. The van der Waals surface area contributed by atoms with Gasteiger partial charge in [0.15, 0.2) is 5.76 Å². The van der Waals surface area contributed by atoms with Crippen LogP contribution in [-0.2, 0) is 6.54 Å². The summed E-state index contributed by atoms with van der Waals surface area (Å²) in [5.41, 5.74) is 1.74. The number of carbonyl (C=O) groups excluding carboxylic acids is 1. The zero-order chi connectivity index (χ0) is 18.5. The quantitative estimate of drug-likeness (QED) is 0.518. The molecule has 1 heterocycles. The number of nitrogens with zero attached hydrogens (tertiary/aromatic N) is 2. The molecule has 0 aliphatic heterocycles. The van der Waals surface area contributed by atoms with Crippen LogP contribution in [0.5, 0.6) is 0 Å². The number of benzene rings is 2. The highest BCUT2D eigenvalue weighted by Gasteiger charge is 2.18. The van der Waals surface area contributed by atoms with Gasteiger partial charge in [-0.2, -0.15) is 0 Å². The van der Waals surface area contributed by atoms with Gasteiger partial charge < -0.3 is 15.2 Å². The number of aryl methyl sites for hydroxylation is 1. The third-order valence-electron chi connectivity index (χ3n) is 3.61. The number of nitro benzene ring substituents is 1. The van der Waals surface area contributed by atoms with E-state index in [0.29, 0.717) is 22.8 Å². The number of nitrogens with one attached hydrogen (secondary N) is 2. The Labute approximate surface area is 149 Å². The van der Waals surface area contributed by atoms with E-state index in [4.69, 9.17) is 4.52 Å². The number of para-hydroxylation sites is 1. The van der Waals surface area contributed by atoms with Crippen molar-refractivity contribution in [1.29, 1.82) is 0 Å². The van der Waals surface area contributed by atoms with E-state index >= 15 is 0 Å². The molecule has 2 aromatic carbocycles. The van der Waals surface area contributed by atoms with Gasteiger partial charge in [0.05, 0.1) is 17.2 Å². The minimum atomic E-state index is -0.526. The van der Waals surface area contributed by atoms with E-state index in [2.05, 4.69) is 15.8 Å². The lowest BCUT2D eigenvalue weighted by atomic mass is 10.1. The number of hydrogen-bond acceptors (Lipinski definition) is 6. The number of rotatable bonds is 6. The van der Waals surface area contributed by atoms with Gasteiger partial charge in [0.2, 0.25) is 0 Å². The molecule has 1 aromatic heterocycles. The Morgan fingerprint density at radius 2 is 1.96 bits per heavy atom. The second kappa shape index (κ2) is 7.47. The summed E-state index contributed by atoms with van der Waals surface area (Å²) in [6.07, 6.45) is 0. The second-order valence-corrected chi connectivity index (χ2v) is 5.60. The molecule has 1 amide bonds. The molecule has 0 aliphatic rings. The maximum atomic E-state index is 12.3. The van der Waals surface area contributed by atoms with Gasteiger partial charge in [-0.05, 0) is 31.2 Å². The number of aromatic nitrogens is 1. The van der Waals surface area contributed by atoms with E-state index in [-0.39, 0.29) is 17.8 Å². The van der Waals surface area contributed by atoms with Gasteiger partial charge >= 0.3 is 0 Å². The molecule has 2 N–H and O–H groups in total. The maximum Gasteiger partial charge on any atom is 0.293 e. The van der Waals surface area contributed by atoms with Gasteiger partial charge in [-0.25, -0.2) is 0 Å². The molecule has 0 saturated heterocycles. The Hall–Kier alpha value is -3.68. The molecule has 132 valence electrons. The zero-order valence-corrected chi connectivity index (χ0v) is 13.9. The molecule has 0 aliphatic carbocycles. The van der Waals surface area contributed by atoms with Gasteiger partial charge in [0.25, 0.3) is 11.6 Å². The van der Waals surface area contributed by atoms with Crippen LogP contribution in [0.3, 0.4) is 0 Å². The number of anilines is 2. The van der Waals surface area contributed by atoms with Crippen molar-refractivity contribution in [2.75, 3.05) is 5.32 Å². The number of carbonyl (C=O) groups is 1. The van der Waals surface area contributed by atoms with Crippen molar-refractivity contribution >= 4 is 23.0 Å². The largest absolute Gasteiger partial charge is 0.359 e. The topological polar surface area (TPSA) is 110 Å². The predicted octanol–water partition coefficient (Wildman–Crippen LogP) is 3.56. The van der Waals surface area contributed by atoms with E-state index in [0.717, 1.165) is 0 Å². The van der Waals surface area contributed by atoms with Gasteiger partial charge in [0.1, 0.15) is 5.69 Å². The van der Waals surface area contributed by atoms with E-state index in [1.165, 1.54) is 18.2 Å². The molecular weight excluding hydrogens is 336 g/mol. The molecule has 8 nitrogen and oxygen atoms in total. The molecule has 0 radical (unpaired) electrons. The van der Waals surface area contributed by atoms with Crippen LogP contribution in [-0.4, -0.2) is 16.0 Å². The summed E-state index contributed by atoms with van der Waals surface area (Å²) < 4.78 is 5.02. The fraction of sp³-hybridized carbons (Fsp3) is 0.111. The number of nitro groups is 1. The minimum absolute atomic E-state index is 0.150. The Morgan fingerprint density at radius 1 is 1.19 bits per heavy atom. The molecule has 0 atom stereocenters. The Bertz CT molecular complexity index is 937. The van der Waals surface area contributed by atoms with Crippen LogP contribution in [0, 0.1) is 17.0 Å². The van der Waals surface area contributed by atoms with Crippen LogP contribution in [0.25, 0.3) is 0 Å². The number of amides is 1. The summed E-state index contributed by atoms with van der Waals surface area (Å²) in [5, 5.41) is 20.7. The normalized spacial score (nSPS) is 10.3. The van der Waals surface area contributed by atoms with Gasteiger partial charge in [-0.15, -0.1) is 0 Å². The van der Waals surface area contributed by atoms with E-state index in [9.17, 15) is 14.9 Å². The SMILES string of the molecule is Cc1cc(CNC(=O)c2ccc(Nc3ccccc3)c([N+](=O)[O-])c2)on1. The number of hydrogen-bond donors (Lipinski definition) is 2. The summed E-state index contributed by atoms with van der Waals surface area (Å²) in [6.45, 7) is 1.92. The van der Waals surface area contributed by atoms with Crippen LogP contribution in [0.4, 0.5) is 17.1 Å². The average molecular weight is 352 g/mol. The summed E-state index contributed by atoms with van der Waals surface area (Å²) in [7, 11) is 0. The fourth-order valence-corrected chi connectivity index (χ4v) is 2.38. The highest BCUT2D eigenvalue weighted by atomic mass is 16.6. The fourth-order valence-electron chi connectivity index (χ4n) is 2.38. The van der Waals surface area contributed by atoms with Crippen LogP contribution < -0.4 is 10.6 Å². The van der Waals surface area contributed by atoms with Crippen LogP contribution in [0.15, 0.2) is 59.1 Å². The van der Waals surface area contributed by atoms with Crippen LogP contribution in [0.1, 0.15) is 21.8 Å². The van der Waals surface area contributed by atoms with Crippen molar-refractivity contribution in [2.45, 2.75) is 13.5 Å². The highest BCUT2D eigenvalue weighted by molar-refractivity contribution is 5.95. The summed E-state index contributed by atoms with van der Waals surface area (Å²) in [6, 6.07) is 15.1. The maximum absolute atomic E-state index is 12.3. The molecule has 3 aromatic rings. The first-order valence-electron chi connectivity index (χ1n) is 7.84. The Morgan fingerprint density at radius 3 is 2.62 bits per heavy atom. The molecule has 0 saturated carbocycles. The van der Waals surface area contributed by atoms with Crippen molar-refractivity contribution in [3.63, 3.8) is 0 Å². The van der Waals surface area contributed by atoms with Gasteiger partial charge in [-0.1, -0.05) is 23.4 Å². The smallest absolute Gasteiger partial charge is 0.293 e. The standard InChI is InChI=1S/C18H16N4O4/c1-12-9-15(26-21-12)11-19-18(23)13-7-8-16(17(10-13)22(24)25)20-14-5-3-2-4-6-14/h2-10,20H,11H2,1H3,(H,19,23). The molecular formula is C18H16N4O4. The van der Waals surface area contributed by atoms with Crippen LogP contribution in [0.2, 0.25) is 0 Å². The molecule has 0 bridgehead atoms. The predicted molar refractivity (Wildman–Crippen MR) is 95.2 cm³/mol. The Balaban J connectivity index is 1.77. The van der Waals surface area contributed by atoms with Crippen molar-refractivity contribution in [2.24, 2.45) is 0 Å². The first-order chi connectivity index (χ1) is 12.5. The molecule has 3 rings (SSSR count). The third kappa shape index (κ3) is 4.04. The summed E-state index contributed by atoms with van der Waals surface area (Å²) in [4.78, 5) is 23.1. The average Bonchev–Trinajstić information content (AvgIpc) is 3.06. The lowest BCUT2D eigenvalue weighted by Gasteiger charge is -2.09. The molecule has 0 spiro atoms. The molecule has 26 heavy (non-hydrogen) atoms. The van der Waals surface area contributed by atoms with Crippen molar-refractivity contribution in [1.82, 2.24) is 10.5 Å². The zero-order valence-electron chi connectivity index (χ0n) is 13.9. The van der Waals surface area contributed by atoms with E-state index in [1.54, 1.807) is 25.1 Å². The molecule has 0 unspecified atom stereocenters. The van der Waals surface area contributed by atoms with Crippen LogP contribution >= 0.6 is 0 Å². The first kappa shape index (κ1) is 17.2. The van der Waals surface area contributed by atoms with E-state index in [1.807, 2.05) is 18.2 Å². The van der Waals surface area contributed by atoms with Crippen molar-refractivity contribution < 1.29 is 14.2 Å². The second-order valence-electron chi connectivity index (χ2n) is 5.60. The lowest BCUT2D eigenvalue weighted by Crippen LogP contribution is -2.22. The summed E-state index contributed by atoms with van der Waals surface area (Å²) >= 11 is 0. The molecule has 8 heteroatoms. The Kier molecular flexibility index (Phi) is 4.93.